The lowest BCUT2D eigenvalue weighted by atomic mass is 10.2. The van der Waals surface area contributed by atoms with Gasteiger partial charge in [-0.2, -0.15) is 0 Å². The highest BCUT2D eigenvalue weighted by Gasteiger charge is 2.03. The second-order valence-corrected chi connectivity index (χ2v) is 3.66. The summed E-state index contributed by atoms with van der Waals surface area (Å²) in [7, 11) is 0. The molecule has 2 heteroatoms. The first kappa shape index (κ1) is 10.7. The summed E-state index contributed by atoms with van der Waals surface area (Å²) in [4.78, 5) is 4.47. The van der Waals surface area contributed by atoms with Crippen molar-refractivity contribution in [2.75, 3.05) is 6.61 Å². The van der Waals surface area contributed by atoms with Crippen LogP contribution in [0.25, 0.3) is 10.9 Å². The van der Waals surface area contributed by atoms with E-state index in [-0.39, 0.29) is 0 Å². The number of fused-ring (bicyclic) bond motifs is 1. The molecule has 1 aromatic carbocycles. The van der Waals surface area contributed by atoms with Gasteiger partial charge in [0.15, 0.2) is 0 Å². The van der Waals surface area contributed by atoms with E-state index in [2.05, 4.69) is 4.98 Å². The van der Waals surface area contributed by atoms with Gasteiger partial charge in [0, 0.05) is 17.1 Å². The molecule has 1 aromatic heterocycles. The fourth-order valence-electron chi connectivity index (χ4n) is 1.62. The molecule has 0 saturated carbocycles. The molecule has 0 amide bonds. The van der Waals surface area contributed by atoms with Crippen LogP contribution in [0.2, 0.25) is 0 Å². The third-order valence-corrected chi connectivity index (χ3v) is 2.38. The summed E-state index contributed by atoms with van der Waals surface area (Å²) in [6, 6.07) is 10.0. The van der Waals surface area contributed by atoms with E-state index >= 15 is 0 Å². The number of rotatable bonds is 3. The Balaban J connectivity index is 2.42. The molecule has 0 fully saturated rings. The molecule has 82 valence electrons. The number of aryl methyl sites for hydroxylation is 1. The minimum atomic E-state index is 0.601. The molecule has 2 aromatic rings. The van der Waals surface area contributed by atoms with Crippen LogP contribution < -0.4 is 4.74 Å². The number of para-hydroxylation sites is 1. The van der Waals surface area contributed by atoms with Crippen molar-refractivity contribution in [1.82, 2.24) is 4.98 Å². The Morgan fingerprint density at radius 2 is 2.12 bits per heavy atom. The van der Waals surface area contributed by atoms with E-state index in [1.165, 1.54) is 0 Å². The Morgan fingerprint density at radius 3 is 2.94 bits per heavy atom. The van der Waals surface area contributed by atoms with Gasteiger partial charge in [0.05, 0.1) is 5.52 Å². The quantitative estimate of drug-likeness (QED) is 0.728. The number of nitrogens with zero attached hydrogens (tertiary/aromatic N) is 1. The Kier molecular flexibility index (Phi) is 3.20. The first-order valence-corrected chi connectivity index (χ1v) is 5.41. The van der Waals surface area contributed by atoms with Gasteiger partial charge in [-0.3, -0.25) is 4.98 Å². The van der Waals surface area contributed by atoms with Gasteiger partial charge in [0.1, 0.15) is 12.4 Å². The van der Waals surface area contributed by atoms with Crippen LogP contribution in [-0.2, 0) is 0 Å². The first-order valence-electron chi connectivity index (χ1n) is 5.41. The topological polar surface area (TPSA) is 22.1 Å². The number of ether oxygens (including phenoxy) is 1. The molecule has 0 saturated heterocycles. The molecule has 0 aliphatic carbocycles. The third kappa shape index (κ3) is 2.22. The maximum Gasteiger partial charge on any atom is 0.130 e. The fourth-order valence-corrected chi connectivity index (χ4v) is 1.62. The van der Waals surface area contributed by atoms with Crippen LogP contribution in [0.3, 0.4) is 0 Å². The Morgan fingerprint density at radius 1 is 1.31 bits per heavy atom. The SMILES string of the molecule is CC=CCOc1cc(C)nc2ccccc12. The summed E-state index contributed by atoms with van der Waals surface area (Å²) in [5.74, 6) is 0.904. The monoisotopic (exact) mass is 213 g/mol. The molecule has 0 spiro atoms. The second kappa shape index (κ2) is 4.79. The average Bonchev–Trinajstić information content (AvgIpc) is 2.29. The van der Waals surface area contributed by atoms with Crippen molar-refractivity contribution >= 4 is 10.9 Å². The van der Waals surface area contributed by atoms with Gasteiger partial charge in [-0.25, -0.2) is 0 Å². The predicted octanol–water partition coefficient (Wildman–Crippen LogP) is 3.50. The summed E-state index contributed by atoms with van der Waals surface area (Å²) < 4.78 is 5.71. The Labute approximate surface area is 95.6 Å². The largest absolute Gasteiger partial charge is 0.489 e. The highest BCUT2D eigenvalue weighted by molar-refractivity contribution is 5.85. The van der Waals surface area contributed by atoms with Crippen molar-refractivity contribution in [3.05, 3.63) is 48.2 Å². The fraction of sp³-hybridized carbons (Fsp3) is 0.214. The zero-order chi connectivity index (χ0) is 11.4. The van der Waals surface area contributed by atoms with E-state index in [9.17, 15) is 0 Å². The smallest absolute Gasteiger partial charge is 0.130 e. The highest BCUT2D eigenvalue weighted by atomic mass is 16.5. The molecule has 0 aliphatic rings. The van der Waals surface area contributed by atoms with Crippen LogP contribution in [0.4, 0.5) is 0 Å². The number of aromatic nitrogens is 1. The lowest BCUT2D eigenvalue weighted by molar-refractivity contribution is 0.366. The van der Waals surface area contributed by atoms with Crippen molar-refractivity contribution in [3.63, 3.8) is 0 Å². The molecule has 2 rings (SSSR count). The van der Waals surface area contributed by atoms with Gasteiger partial charge >= 0.3 is 0 Å². The van der Waals surface area contributed by atoms with Gasteiger partial charge in [-0.15, -0.1) is 0 Å². The summed E-state index contributed by atoms with van der Waals surface area (Å²) in [5.41, 5.74) is 1.96. The van der Waals surface area contributed by atoms with Crippen molar-refractivity contribution in [3.8, 4) is 5.75 Å². The molecular formula is C14H15NO. The number of benzene rings is 1. The summed E-state index contributed by atoms with van der Waals surface area (Å²) in [6.45, 7) is 4.57. The Hall–Kier alpha value is -1.83. The van der Waals surface area contributed by atoms with Crippen molar-refractivity contribution in [2.45, 2.75) is 13.8 Å². The second-order valence-electron chi connectivity index (χ2n) is 3.66. The van der Waals surface area contributed by atoms with Crippen molar-refractivity contribution in [1.29, 1.82) is 0 Å². The number of hydrogen-bond acceptors (Lipinski definition) is 2. The van der Waals surface area contributed by atoms with Crippen LogP contribution in [0.1, 0.15) is 12.6 Å². The first-order chi connectivity index (χ1) is 7.81. The number of pyridine rings is 1. The average molecular weight is 213 g/mol. The van der Waals surface area contributed by atoms with E-state index in [4.69, 9.17) is 4.74 Å². The molecule has 0 bridgehead atoms. The van der Waals surface area contributed by atoms with Crippen molar-refractivity contribution < 1.29 is 4.74 Å². The van der Waals surface area contributed by atoms with E-state index in [0.29, 0.717) is 6.61 Å². The molecule has 0 radical (unpaired) electrons. The lowest BCUT2D eigenvalue weighted by Gasteiger charge is -2.08. The normalized spacial score (nSPS) is 11.1. The van der Waals surface area contributed by atoms with Gasteiger partial charge < -0.3 is 4.74 Å². The van der Waals surface area contributed by atoms with E-state index in [1.54, 1.807) is 0 Å². The van der Waals surface area contributed by atoms with E-state index in [0.717, 1.165) is 22.3 Å². The lowest BCUT2D eigenvalue weighted by Crippen LogP contribution is -1.96. The van der Waals surface area contributed by atoms with Gasteiger partial charge in [-0.1, -0.05) is 24.3 Å². The number of hydrogen-bond donors (Lipinski definition) is 0. The Bertz CT molecular complexity index is 517. The number of allylic oxidation sites excluding steroid dienone is 1. The molecular weight excluding hydrogens is 198 g/mol. The molecule has 0 atom stereocenters. The minimum absolute atomic E-state index is 0.601. The zero-order valence-corrected chi connectivity index (χ0v) is 9.60. The van der Waals surface area contributed by atoms with E-state index in [1.807, 2.05) is 56.3 Å². The molecule has 0 N–H and O–H groups in total. The van der Waals surface area contributed by atoms with Crippen molar-refractivity contribution in [2.24, 2.45) is 0 Å². The van der Waals surface area contributed by atoms with E-state index < -0.39 is 0 Å². The molecule has 1 heterocycles. The summed E-state index contributed by atoms with van der Waals surface area (Å²) in [5, 5.41) is 1.07. The van der Waals surface area contributed by atoms with Gasteiger partial charge in [-0.05, 0) is 26.0 Å². The molecule has 16 heavy (non-hydrogen) atoms. The maximum absolute atomic E-state index is 5.71. The van der Waals surface area contributed by atoms with Gasteiger partial charge in [0.2, 0.25) is 0 Å². The highest BCUT2D eigenvalue weighted by Crippen LogP contribution is 2.24. The summed E-state index contributed by atoms with van der Waals surface area (Å²) >= 11 is 0. The van der Waals surface area contributed by atoms with Crippen LogP contribution in [0.15, 0.2) is 42.5 Å². The molecule has 2 nitrogen and oxygen atoms in total. The third-order valence-electron chi connectivity index (χ3n) is 2.38. The van der Waals surface area contributed by atoms with Crippen LogP contribution in [-0.4, -0.2) is 11.6 Å². The molecule has 0 aliphatic heterocycles. The predicted molar refractivity (Wildman–Crippen MR) is 66.8 cm³/mol. The maximum atomic E-state index is 5.71. The van der Waals surface area contributed by atoms with Crippen LogP contribution >= 0.6 is 0 Å². The zero-order valence-electron chi connectivity index (χ0n) is 9.60. The van der Waals surface area contributed by atoms with Gasteiger partial charge in [0.25, 0.3) is 0 Å². The standard InChI is InChI=1S/C14H15NO/c1-3-4-9-16-14-10-11(2)15-13-8-6-5-7-12(13)14/h3-8,10H,9H2,1-2H3. The minimum Gasteiger partial charge on any atom is -0.489 e. The molecule has 0 unspecified atom stereocenters. The van der Waals surface area contributed by atoms with Crippen LogP contribution in [0, 0.1) is 6.92 Å². The van der Waals surface area contributed by atoms with Crippen LogP contribution in [0.5, 0.6) is 5.75 Å². The summed E-state index contributed by atoms with van der Waals surface area (Å²) in [6.07, 6.45) is 3.97.